The van der Waals surface area contributed by atoms with Crippen LogP contribution in [0.25, 0.3) is 0 Å². The number of nitriles is 1. The van der Waals surface area contributed by atoms with Gasteiger partial charge in [0.2, 0.25) is 6.10 Å². The molecule has 0 fully saturated rings. The maximum atomic E-state index is 12.3. The number of carbonyl (C=O) groups is 2. The fraction of sp³-hybridized carbons (Fsp3) is 0.312. The van der Waals surface area contributed by atoms with Gasteiger partial charge in [-0.3, -0.25) is 4.79 Å². The lowest BCUT2D eigenvalue weighted by Crippen LogP contribution is -2.25. The second-order valence-electron chi connectivity index (χ2n) is 4.80. The third-order valence-corrected chi connectivity index (χ3v) is 4.21. The van der Waals surface area contributed by atoms with Gasteiger partial charge in [-0.1, -0.05) is 46.3 Å². The van der Waals surface area contributed by atoms with Gasteiger partial charge in [0.1, 0.15) is 6.10 Å². The van der Waals surface area contributed by atoms with E-state index in [9.17, 15) is 9.59 Å². The highest BCUT2D eigenvalue weighted by Gasteiger charge is 2.32. The van der Waals surface area contributed by atoms with Crippen molar-refractivity contribution in [3.63, 3.8) is 0 Å². The average molecular weight is 364 g/mol. The van der Waals surface area contributed by atoms with Crippen LogP contribution in [0.5, 0.6) is 0 Å². The molecule has 1 aliphatic rings. The maximum Gasteiger partial charge on any atom is 0.352 e. The minimum absolute atomic E-state index is 0.510. The summed E-state index contributed by atoms with van der Waals surface area (Å²) in [5.74, 6) is -1.22. The maximum absolute atomic E-state index is 12.3. The Hall–Kier alpha value is -2.13. The van der Waals surface area contributed by atoms with Crippen LogP contribution in [0, 0.1) is 11.3 Å². The minimum atomic E-state index is -1.11. The summed E-state index contributed by atoms with van der Waals surface area (Å²) in [7, 11) is 0. The number of ether oxygens (including phenoxy) is 2. The predicted molar refractivity (Wildman–Crippen MR) is 81.6 cm³/mol. The van der Waals surface area contributed by atoms with Crippen LogP contribution >= 0.6 is 15.9 Å². The normalized spacial score (nSPS) is 18.5. The second kappa shape index (κ2) is 7.23. The van der Waals surface area contributed by atoms with Gasteiger partial charge in [-0.15, -0.1) is 0 Å². The molecule has 2 rings (SSSR count). The molecule has 2 atom stereocenters. The van der Waals surface area contributed by atoms with Crippen molar-refractivity contribution >= 4 is 27.9 Å². The molecule has 1 aliphatic carbocycles. The van der Waals surface area contributed by atoms with Crippen LogP contribution in [-0.4, -0.2) is 18.0 Å². The van der Waals surface area contributed by atoms with E-state index in [0.717, 1.165) is 0 Å². The van der Waals surface area contributed by atoms with Gasteiger partial charge in [-0.2, -0.15) is 5.26 Å². The zero-order valence-corrected chi connectivity index (χ0v) is 13.5. The Morgan fingerprint density at radius 3 is 2.59 bits per heavy atom. The van der Waals surface area contributed by atoms with Gasteiger partial charge in [-0.05, 0) is 12.8 Å². The summed E-state index contributed by atoms with van der Waals surface area (Å²) < 4.78 is 11.1. The lowest BCUT2D eigenvalue weighted by atomic mass is 10.1. The topological polar surface area (TPSA) is 76.4 Å². The van der Waals surface area contributed by atoms with E-state index in [-0.39, 0.29) is 0 Å². The Kier molecular flexibility index (Phi) is 5.34. The lowest BCUT2D eigenvalue weighted by molar-refractivity contribution is -0.169. The molecule has 0 saturated carbocycles. The van der Waals surface area contributed by atoms with Crippen LogP contribution in [0.1, 0.15) is 31.4 Å². The number of halogens is 1. The van der Waals surface area contributed by atoms with E-state index in [1.54, 1.807) is 30.3 Å². The Bertz CT molecular complexity index is 648. The van der Waals surface area contributed by atoms with Crippen molar-refractivity contribution in [1.29, 1.82) is 5.26 Å². The first kappa shape index (κ1) is 16.2. The molecule has 1 unspecified atom stereocenters. The molecule has 0 amide bonds. The largest absolute Gasteiger partial charge is 0.454 e. The summed E-state index contributed by atoms with van der Waals surface area (Å²) in [6.07, 6.45) is -0.524. The molecule has 0 spiro atoms. The third-order valence-electron chi connectivity index (χ3n) is 3.22. The van der Waals surface area contributed by atoms with Crippen LogP contribution in [0.15, 0.2) is 40.4 Å². The molecule has 1 aromatic rings. The van der Waals surface area contributed by atoms with Crippen molar-refractivity contribution in [2.45, 2.75) is 32.0 Å². The molecular formula is C16H14BrNO4. The first-order valence-corrected chi connectivity index (χ1v) is 7.53. The highest BCUT2D eigenvalue weighted by Crippen LogP contribution is 2.34. The molecule has 0 heterocycles. The number of esters is 2. The van der Waals surface area contributed by atoms with Gasteiger partial charge >= 0.3 is 11.9 Å². The van der Waals surface area contributed by atoms with E-state index in [1.807, 2.05) is 0 Å². The van der Waals surface area contributed by atoms with Crippen LogP contribution in [-0.2, 0) is 19.1 Å². The molecule has 114 valence electrons. The van der Waals surface area contributed by atoms with Gasteiger partial charge in [0, 0.05) is 22.5 Å². The number of allylic oxidation sites excluding steroid dienone is 1. The van der Waals surface area contributed by atoms with E-state index < -0.39 is 24.1 Å². The Balaban J connectivity index is 2.16. The average Bonchev–Trinajstić information content (AvgIpc) is 2.86. The number of rotatable bonds is 4. The summed E-state index contributed by atoms with van der Waals surface area (Å²) in [6, 6.07) is 10.7. The van der Waals surface area contributed by atoms with Gasteiger partial charge in [0.15, 0.2) is 0 Å². The molecule has 5 nitrogen and oxygen atoms in total. The summed E-state index contributed by atoms with van der Waals surface area (Å²) in [5, 5.41) is 8.95. The first-order valence-electron chi connectivity index (χ1n) is 6.74. The van der Waals surface area contributed by atoms with Crippen molar-refractivity contribution in [3.05, 3.63) is 46.0 Å². The Morgan fingerprint density at radius 2 is 2.05 bits per heavy atom. The summed E-state index contributed by atoms with van der Waals surface area (Å²) >= 11 is 3.29. The standard InChI is InChI=1S/C16H14BrNO4/c1-10(19)21-15(11-5-3-2-4-6-11)16(20)22-13-8-7-12(9-18)14(13)17/h2-6,13,15H,7-8H2,1H3/t13-,15?/m1/s1. The van der Waals surface area contributed by atoms with Gasteiger partial charge < -0.3 is 9.47 Å². The zero-order valence-electron chi connectivity index (χ0n) is 11.9. The number of benzene rings is 1. The van der Waals surface area contributed by atoms with Crippen molar-refractivity contribution in [2.24, 2.45) is 0 Å². The summed E-state index contributed by atoms with van der Waals surface area (Å²) in [5.41, 5.74) is 1.11. The number of nitrogens with zero attached hydrogens (tertiary/aromatic N) is 1. The van der Waals surface area contributed by atoms with Gasteiger partial charge in [0.25, 0.3) is 0 Å². The van der Waals surface area contributed by atoms with E-state index in [0.29, 0.717) is 28.5 Å². The summed E-state index contributed by atoms with van der Waals surface area (Å²) in [6.45, 7) is 1.24. The van der Waals surface area contributed by atoms with E-state index in [1.165, 1.54) is 6.92 Å². The fourth-order valence-electron chi connectivity index (χ4n) is 2.18. The molecule has 0 aromatic heterocycles. The van der Waals surface area contributed by atoms with E-state index in [4.69, 9.17) is 14.7 Å². The third kappa shape index (κ3) is 3.74. The van der Waals surface area contributed by atoms with Crippen LogP contribution in [0.4, 0.5) is 0 Å². The predicted octanol–water partition coefficient (Wildman–Crippen LogP) is 3.17. The highest BCUT2D eigenvalue weighted by atomic mass is 79.9. The quantitative estimate of drug-likeness (QED) is 0.767. The van der Waals surface area contributed by atoms with E-state index >= 15 is 0 Å². The summed E-state index contributed by atoms with van der Waals surface area (Å²) in [4.78, 5) is 23.6. The highest BCUT2D eigenvalue weighted by molar-refractivity contribution is 9.11. The monoisotopic (exact) mass is 363 g/mol. The van der Waals surface area contributed by atoms with Crippen LogP contribution in [0.3, 0.4) is 0 Å². The van der Waals surface area contributed by atoms with Crippen LogP contribution < -0.4 is 0 Å². The molecule has 6 heteroatoms. The Morgan fingerprint density at radius 1 is 1.36 bits per heavy atom. The minimum Gasteiger partial charge on any atom is -0.454 e. The molecule has 0 saturated heterocycles. The number of hydrogen-bond donors (Lipinski definition) is 0. The first-order chi connectivity index (χ1) is 10.5. The number of carbonyl (C=O) groups excluding carboxylic acids is 2. The van der Waals surface area contributed by atoms with Crippen molar-refractivity contribution in [1.82, 2.24) is 0 Å². The number of hydrogen-bond acceptors (Lipinski definition) is 5. The van der Waals surface area contributed by atoms with E-state index in [2.05, 4.69) is 22.0 Å². The Labute approximate surface area is 136 Å². The van der Waals surface area contributed by atoms with Gasteiger partial charge in [0.05, 0.1) is 6.07 Å². The van der Waals surface area contributed by atoms with Crippen molar-refractivity contribution in [3.8, 4) is 6.07 Å². The molecule has 0 radical (unpaired) electrons. The molecular weight excluding hydrogens is 350 g/mol. The van der Waals surface area contributed by atoms with Crippen molar-refractivity contribution in [2.75, 3.05) is 0 Å². The lowest BCUT2D eigenvalue weighted by Gasteiger charge is -2.19. The fourth-order valence-corrected chi connectivity index (χ4v) is 2.79. The molecule has 22 heavy (non-hydrogen) atoms. The molecule has 1 aromatic carbocycles. The van der Waals surface area contributed by atoms with Gasteiger partial charge in [-0.25, -0.2) is 4.79 Å². The molecule has 0 bridgehead atoms. The van der Waals surface area contributed by atoms with Crippen molar-refractivity contribution < 1.29 is 19.1 Å². The SMILES string of the molecule is CC(=O)OC(C(=O)O[C@@H]1CCC(C#N)=C1Br)c1ccccc1. The molecule has 0 N–H and O–H groups in total. The second-order valence-corrected chi connectivity index (χ2v) is 5.66. The van der Waals surface area contributed by atoms with Crippen LogP contribution in [0.2, 0.25) is 0 Å². The smallest absolute Gasteiger partial charge is 0.352 e. The molecule has 0 aliphatic heterocycles. The zero-order chi connectivity index (χ0) is 16.1.